The van der Waals surface area contributed by atoms with Gasteiger partial charge in [0.25, 0.3) is 0 Å². The summed E-state index contributed by atoms with van der Waals surface area (Å²) in [6.07, 6.45) is 7.04. The van der Waals surface area contributed by atoms with Crippen molar-refractivity contribution in [3.63, 3.8) is 0 Å². The SMILES string of the molecule is CSCCCN1CCC2(CCN(Cc3cccc(O)c3)CC2)[C@H](CO)C1. The molecule has 146 valence electrons. The number of aliphatic hydroxyl groups is 1. The molecule has 1 spiro atoms. The lowest BCUT2D eigenvalue weighted by Gasteiger charge is -2.51. The van der Waals surface area contributed by atoms with Crippen LogP contribution >= 0.6 is 11.8 Å². The van der Waals surface area contributed by atoms with Crippen molar-refractivity contribution < 1.29 is 10.2 Å². The van der Waals surface area contributed by atoms with Crippen LogP contribution in [-0.4, -0.2) is 71.4 Å². The third-order valence-corrected chi connectivity index (χ3v) is 7.18. The number of aliphatic hydroxyl groups excluding tert-OH is 1. The number of benzene rings is 1. The van der Waals surface area contributed by atoms with Crippen LogP contribution < -0.4 is 0 Å². The molecule has 0 radical (unpaired) electrons. The Morgan fingerprint density at radius 3 is 2.54 bits per heavy atom. The summed E-state index contributed by atoms with van der Waals surface area (Å²) >= 11 is 1.92. The number of piperidine rings is 2. The lowest BCUT2D eigenvalue weighted by atomic mass is 9.64. The quantitative estimate of drug-likeness (QED) is 0.714. The van der Waals surface area contributed by atoms with Gasteiger partial charge in [-0.15, -0.1) is 0 Å². The van der Waals surface area contributed by atoms with Crippen molar-refractivity contribution in [2.75, 3.05) is 51.3 Å². The smallest absolute Gasteiger partial charge is 0.115 e. The van der Waals surface area contributed by atoms with Gasteiger partial charge in [-0.05, 0) is 87.0 Å². The van der Waals surface area contributed by atoms with E-state index in [-0.39, 0.29) is 0 Å². The Bertz CT molecular complexity index is 561. The standard InChI is InChI=1S/C21H34N2O2S/c1-26-13-3-9-22-10-6-21(19(16-22)17-24)7-11-23(12-8-21)15-18-4-2-5-20(25)14-18/h2,4-5,14,19,24-25H,3,6-13,15-17H2,1H3/t19-/m0/s1. The Hall–Kier alpha value is -0.750. The van der Waals surface area contributed by atoms with E-state index in [1.165, 1.54) is 50.1 Å². The number of thioether (sulfide) groups is 1. The summed E-state index contributed by atoms with van der Waals surface area (Å²) < 4.78 is 0. The highest BCUT2D eigenvalue weighted by Crippen LogP contribution is 2.45. The molecule has 1 aromatic rings. The van der Waals surface area contributed by atoms with Gasteiger partial charge in [-0.1, -0.05) is 12.1 Å². The fourth-order valence-electron chi connectivity index (χ4n) is 4.80. The van der Waals surface area contributed by atoms with Crippen LogP contribution in [-0.2, 0) is 6.54 Å². The maximum atomic E-state index is 10.1. The number of likely N-dealkylation sites (tertiary alicyclic amines) is 2. The maximum absolute atomic E-state index is 10.1. The normalized spacial score (nSPS) is 24.2. The van der Waals surface area contributed by atoms with Gasteiger partial charge < -0.3 is 15.1 Å². The molecule has 0 bridgehead atoms. The van der Waals surface area contributed by atoms with Crippen LogP contribution in [0.25, 0.3) is 0 Å². The van der Waals surface area contributed by atoms with E-state index >= 15 is 0 Å². The Labute approximate surface area is 162 Å². The molecule has 5 heteroatoms. The van der Waals surface area contributed by atoms with E-state index in [9.17, 15) is 10.2 Å². The zero-order valence-corrected chi connectivity index (χ0v) is 16.9. The van der Waals surface area contributed by atoms with Crippen LogP contribution in [0.3, 0.4) is 0 Å². The predicted molar refractivity (Wildman–Crippen MR) is 110 cm³/mol. The van der Waals surface area contributed by atoms with E-state index in [1.807, 2.05) is 23.9 Å². The van der Waals surface area contributed by atoms with Crippen LogP contribution in [0.2, 0.25) is 0 Å². The van der Waals surface area contributed by atoms with Crippen molar-refractivity contribution in [3.8, 4) is 5.75 Å². The van der Waals surface area contributed by atoms with Crippen molar-refractivity contribution in [1.82, 2.24) is 9.80 Å². The molecular formula is C21H34N2O2S. The molecular weight excluding hydrogens is 344 g/mol. The molecule has 0 aromatic heterocycles. The van der Waals surface area contributed by atoms with E-state index in [0.29, 0.717) is 23.7 Å². The van der Waals surface area contributed by atoms with Gasteiger partial charge in [-0.25, -0.2) is 0 Å². The average Bonchev–Trinajstić information content (AvgIpc) is 2.65. The van der Waals surface area contributed by atoms with Gasteiger partial charge in [0, 0.05) is 25.6 Å². The van der Waals surface area contributed by atoms with E-state index < -0.39 is 0 Å². The first-order chi connectivity index (χ1) is 12.6. The molecule has 2 aliphatic heterocycles. The van der Waals surface area contributed by atoms with Gasteiger partial charge >= 0.3 is 0 Å². The summed E-state index contributed by atoms with van der Waals surface area (Å²) in [5, 5.41) is 19.7. The van der Waals surface area contributed by atoms with Crippen LogP contribution in [0, 0.1) is 11.3 Å². The molecule has 3 rings (SSSR count). The largest absolute Gasteiger partial charge is 0.508 e. The minimum Gasteiger partial charge on any atom is -0.508 e. The highest BCUT2D eigenvalue weighted by atomic mass is 32.2. The molecule has 2 aliphatic rings. The van der Waals surface area contributed by atoms with E-state index in [1.54, 1.807) is 6.07 Å². The lowest BCUT2D eigenvalue weighted by molar-refractivity contribution is -0.0427. The van der Waals surface area contributed by atoms with Crippen LogP contribution in [0.5, 0.6) is 5.75 Å². The second-order valence-corrected chi connectivity index (χ2v) is 9.07. The van der Waals surface area contributed by atoms with Gasteiger partial charge in [-0.2, -0.15) is 11.8 Å². The molecule has 26 heavy (non-hydrogen) atoms. The molecule has 0 saturated carbocycles. The molecule has 0 unspecified atom stereocenters. The molecule has 4 nitrogen and oxygen atoms in total. The molecule has 0 amide bonds. The van der Waals surface area contributed by atoms with Gasteiger partial charge in [0.15, 0.2) is 0 Å². The Balaban J connectivity index is 1.52. The van der Waals surface area contributed by atoms with Gasteiger partial charge in [0.2, 0.25) is 0 Å². The van der Waals surface area contributed by atoms with Crippen molar-refractivity contribution in [2.45, 2.75) is 32.2 Å². The fraction of sp³-hybridized carbons (Fsp3) is 0.714. The number of phenolic OH excluding ortho intramolecular Hbond substituents is 1. The van der Waals surface area contributed by atoms with Crippen LogP contribution in [0.15, 0.2) is 24.3 Å². The molecule has 2 saturated heterocycles. The zero-order valence-electron chi connectivity index (χ0n) is 16.1. The average molecular weight is 379 g/mol. The van der Waals surface area contributed by atoms with E-state index in [4.69, 9.17) is 0 Å². The Morgan fingerprint density at radius 1 is 1.15 bits per heavy atom. The molecule has 2 N–H and O–H groups in total. The highest BCUT2D eigenvalue weighted by molar-refractivity contribution is 7.98. The summed E-state index contributed by atoms with van der Waals surface area (Å²) in [6.45, 7) is 6.86. The minimum atomic E-state index is 0.325. The van der Waals surface area contributed by atoms with Crippen LogP contribution in [0.4, 0.5) is 0 Å². The van der Waals surface area contributed by atoms with Gasteiger partial charge in [-0.3, -0.25) is 4.90 Å². The first-order valence-electron chi connectivity index (χ1n) is 9.97. The maximum Gasteiger partial charge on any atom is 0.115 e. The first-order valence-corrected chi connectivity index (χ1v) is 11.4. The van der Waals surface area contributed by atoms with Crippen molar-refractivity contribution in [2.24, 2.45) is 11.3 Å². The van der Waals surface area contributed by atoms with E-state index in [2.05, 4.69) is 22.1 Å². The number of rotatable bonds is 7. The van der Waals surface area contributed by atoms with E-state index in [0.717, 1.165) is 26.2 Å². The molecule has 2 heterocycles. The van der Waals surface area contributed by atoms with Gasteiger partial charge in [0.1, 0.15) is 5.75 Å². The summed E-state index contributed by atoms with van der Waals surface area (Å²) in [4.78, 5) is 5.07. The second-order valence-electron chi connectivity index (χ2n) is 8.08. The molecule has 1 aromatic carbocycles. The Morgan fingerprint density at radius 2 is 1.88 bits per heavy atom. The number of nitrogens with zero attached hydrogens (tertiary/aromatic N) is 2. The Kier molecular flexibility index (Phi) is 7.27. The third kappa shape index (κ3) is 4.94. The first kappa shape index (κ1) is 20.0. The van der Waals surface area contributed by atoms with Crippen molar-refractivity contribution >= 4 is 11.8 Å². The second kappa shape index (κ2) is 9.45. The predicted octanol–water partition coefficient (Wildman–Crippen LogP) is 3.04. The van der Waals surface area contributed by atoms with Crippen LogP contribution in [0.1, 0.15) is 31.2 Å². The van der Waals surface area contributed by atoms with Crippen molar-refractivity contribution in [1.29, 1.82) is 0 Å². The lowest BCUT2D eigenvalue weighted by Crippen LogP contribution is -2.53. The molecule has 1 atom stereocenters. The molecule has 0 aliphatic carbocycles. The summed E-state index contributed by atoms with van der Waals surface area (Å²) in [5.74, 6) is 2.01. The monoisotopic (exact) mass is 378 g/mol. The number of hydrogen-bond acceptors (Lipinski definition) is 5. The topological polar surface area (TPSA) is 46.9 Å². The zero-order chi connectivity index (χ0) is 18.4. The minimum absolute atomic E-state index is 0.325. The fourth-order valence-corrected chi connectivity index (χ4v) is 5.21. The van der Waals surface area contributed by atoms with Crippen molar-refractivity contribution in [3.05, 3.63) is 29.8 Å². The molecule has 2 fully saturated rings. The summed E-state index contributed by atoms with van der Waals surface area (Å²) in [6, 6.07) is 7.61. The third-order valence-electron chi connectivity index (χ3n) is 6.48. The summed E-state index contributed by atoms with van der Waals surface area (Å²) in [5.41, 5.74) is 1.52. The number of aromatic hydroxyl groups is 1. The number of hydrogen-bond donors (Lipinski definition) is 2. The highest BCUT2D eigenvalue weighted by Gasteiger charge is 2.44. The van der Waals surface area contributed by atoms with Gasteiger partial charge in [0.05, 0.1) is 0 Å². The summed E-state index contributed by atoms with van der Waals surface area (Å²) in [7, 11) is 0. The number of phenols is 1.